The zero-order valence-corrected chi connectivity index (χ0v) is 60.4. The molecule has 0 aliphatic heterocycles. The Morgan fingerprint density at radius 1 is 0.357 bits per heavy atom. The molecule has 8 nitrogen and oxygen atoms in total. The smallest absolute Gasteiger partial charge is 0.354 e. The molecule has 0 aliphatic rings. The molecule has 98 heavy (non-hydrogen) atoms. The van der Waals surface area contributed by atoms with Crippen molar-refractivity contribution < 1.29 is 81.5 Å². The van der Waals surface area contributed by atoms with Crippen molar-refractivity contribution >= 4 is 16.7 Å². The van der Waals surface area contributed by atoms with Crippen LogP contribution in [0.15, 0.2) is 328 Å². The molecule has 0 saturated heterocycles. The average Bonchev–Trinajstić information content (AvgIpc) is 0.775. The summed E-state index contributed by atoms with van der Waals surface area (Å²) in [6.45, 7) is 5.99. The van der Waals surface area contributed by atoms with E-state index >= 15 is 0 Å². The van der Waals surface area contributed by atoms with Crippen molar-refractivity contribution in [3.63, 3.8) is 0 Å². The number of hydrogen-bond acceptors (Lipinski definition) is 7. The van der Waals surface area contributed by atoms with Crippen LogP contribution in [-0.2, 0) is 60.3 Å². The Labute approximate surface area is 620 Å². The van der Waals surface area contributed by atoms with Crippen LogP contribution in [0.3, 0.4) is 0 Å². The first-order chi connectivity index (χ1) is 48.7. The second-order valence-corrected chi connectivity index (χ2v) is 21.1. The molecule has 0 fully saturated rings. The van der Waals surface area contributed by atoms with E-state index in [0.717, 1.165) is 78.5 Å². The van der Waals surface area contributed by atoms with Gasteiger partial charge in [-0.3, -0.25) is 0 Å². The van der Waals surface area contributed by atoms with Gasteiger partial charge in [0.25, 0.3) is 0 Å². The third kappa shape index (κ3) is 22.0. The van der Waals surface area contributed by atoms with Crippen LogP contribution in [0.2, 0.25) is 0 Å². The van der Waals surface area contributed by atoms with Crippen molar-refractivity contribution in [3.8, 4) is 89.7 Å². The van der Waals surface area contributed by atoms with Gasteiger partial charge in [0.15, 0.2) is 0 Å². The van der Waals surface area contributed by atoms with E-state index in [0.29, 0.717) is 5.56 Å². The predicted octanol–water partition coefficient (Wildman–Crippen LogP) is 20.7. The molecule has 489 valence electrons. The van der Waals surface area contributed by atoms with Gasteiger partial charge in [-0.25, -0.2) is 14.2 Å². The van der Waals surface area contributed by atoms with Crippen molar-refractivity contribution in [2.45, 2.75) is 20.8 Å². The van der Waals surface area contributed by atoms with Gasteiger partial charge in [-0.2, -0.15) is 0 Å². The summed E-state index contributed by atoms with van der Waals surface area (Å²) >= 11 is 0. The normalized spacial score (nSPS) is 10.6. The number of halogens is 1. The summed E-state index contributed by atoms with van der Waals surface area (Å²) in [5.41, 5.74) is 17.8. The summed E-state index contributed by atoms with van der Waals surface area (Å²) in [5, 5.41) is 10.7. The Morgan fingerprint density at radius 2 is 0.724 bits per heavy atom. The summed E-state index contributed by atoms with van der Waals surface area (Å²) in [4.78, 5) is 35.8. The summed E-state index contributed by atoms with van der Waals surface area (Å²) in [6.07, 6.45) is 10.5. The summed E-state index contributed by atoms with van der Waals surface area (Å²) in [7, 11) is 0. The van der Waals surface area contributed by atoms with E-state index in [2.05, 4.69) is 104 Å². The quantitative estimate of drug-likeness (QED) is 0.142. The second-order valence-electron chi connectivity index (χ2n) is 21.1. The number of aryl methyl sites for hydroxylation is 3. The van der Waals surface area contributed by atoms with Gasteiger partial charge in [-0.05, 0) is 124 Å². The van der Waals surface area contributed by atoms with E-state index in [1.807, 2.05) is 208 Å². The van der Waals surface area contributed by atoms with Gasteiger partial charge < -0.3 is 30.0 Å². The molecule has 0 bridgehead atoms. The van der Waals surface area contributed by atoms with Gasteiger partial charge in [-0.15, -0.1) is 179 Å². The van der Waals surface area contributed by atoms with E-state index in [1.165, 1.54) is 51.9 Å². The van der Waals surface area contributed by atoms with E-state index in [9.17, 15) is 9.18 Å². The second kappa shape index (κ2) is 39.5. The van der Waals surface area contributed by atoms with Gasteiger partial charge in [0.05, 0.1) is 6.85 Å². The van der Waals surface area contributed by atoms with Gasteiger partial charge in [0.1, 0.15) is 11.5 Å². The van der Waals surface area contributed by atoms with Crippen LogP contribution < -0.4 is 0 Å². The van der Waals surface area contributed by atoms with Crippen molar-refractivity contribution in [3.05, 3.63) is 387 Å². The molecule has 9 aromatic carbocycles. The maximum Gasteiger partial charge on any atom is 0.354 e. The Balaban J connectivity index is 0.000000176. The molecule has 12 heteroatoms. The van der Waals surface area contributed by atoms with E-state index in [4.69, 9.17) is 12.0 Å². The van der Waals surface area contributed by atoms with Gasteiger partial charge >= 0.3 is 5.97 Å². The maximum absolute atomic E-state index is 13.0. The molecular weight excluding hydrogens is 1740 g/mol. The number of pyridine rings is 6. The third-order valence-electron chi connectivity index (χ3n) is 14.4. The fraction of sp³-hybridized carbons (Fsp3) is 0.0349. The number of carbonyl (C=O) groups is 1. The number of fused-ring (bicyclic) bond motifs is 1. The van der Waals surface area contributed by atoms with Gasteiger partial charge in [0.2, 0.25) is 0 Å². The molecule has 0 atom stereocenters. The number of aromatic nitrogens is 6. The molecule has 0 amide bonds. The Bertz CT molecular complexity index is 5070. The van der Waals surface area contributed by atoms with Crippen molar-refractivity contribution in [2.24, 2.45) is 0 Å². The Morgan fingerprint density at radius 3 is 1.11 bits per heavy atom. The number of hydrogen-bond donors (Lipinski definition) is 1. The third-order valence-corrected chi connectivity index (χ3v) is 14.4. The topological polar surface area (TPSA) is 115 Å². The largest absolute Gasteiger partial charge is 0.477 e. The fourth-order valence-corrected chi connectivity index (χ4v) is 9.61. The summed E-state index contributed by atoms with van der Waals surface area (Å²) in [6, 6.07) is 96.9. The van der Waals surface area contributed by atoms with Crippen LogP contribution in [-0.4, -0.2) is 41.0 Å². The Kier molecular flexibility index (Phi) is 27.2. The first-order valence-corrected chi connectivity index (χ1v) is 30.2. The van der Waals surface area contributed by atoms with Crippen LogP contribution in [0, 0.1) is 56.9 Å². The summed E-state index contributed by atoms with van der Waals surface area (Å²) < 4.78 is 52.4. The van der Waals surface area contributed by atoms with Crippen LogP contribution in [0.4, 0.5) is 4.39 Å². The fourth-order valence-electron chi connectivity index (χ4n) is 9.61. The Hall–Kier alpha value is -10.5. The van der Waals surface area contributed by atoms with Crippen LogP contribution in [0.1, 0.15) is 34.0 Å². The molecule has 6 aromatic heterocycles. The monoisotopic (exact) mass is 1820 g/mol. The molecular formula is C86H64FIr3N6O2-5. The van der Waals surface area contributed by atoms with E-state index in [1.54, 1.807) is 42.7 Å². The van der Waals surface area contributed by atoms with E-state index in [-0.39, 0.29) is 102 Å². The average molecular weight is 1810 g/mol. The van der Waals surface area contributed by atoms with Crippen molar-refractivity contribution in [1.29, 1.82) is 0 Å². The standard InChI is InChI=1S/C18H13FN.2C18H14N.C15H10N.C11H8N.C6H5NO2.3Ir/c1-13-11-18(15-5-3-2-4-6-15)20-12-17(13)14-7-9-16(19)10-8-14;2*1-14-12-18(16-10-6-3-7-11-16)19-13-17(14)15-8-4-2-5-9-15;1-2-6-12(7-3-1)15-10-13-8-4-5-9-14(13)11-16-15;1-2-6-10(7-3-1)11-8-4-5-9-12-11;8-6(9)5-3-1-2-4-7-5;;;/h2-5,7-12H,1H3;2*2-10,12-13H,1H3;1-6,8-11H;1-6,8-9H;1-4H,(H,8,9);;;/q5*-1;;;;/i;2D,4D,5D,8D,9D;;;;;;;. The molecule has 3 radical (unpaired) electrons. The first-order valence-electron chi connectivity index (χ1n) is 32.7. The van der Waals surface area contributed by atoms with Gasteiger partial charge in [0, 0.05) is 114 Å². The SMILES string of the molecule is Cc1cc(-c2[c-]cccc2)ncc1-c1ccc(F)cc1.Cc1cc(-c2[c-]cccc2)ncc1-c1ccccc1.O=C(O)c1ccccn1.[2H]c1c([2H])c([2H])c(-c2cnc(-c3[c-]cccc3)cc2C)c([2H])c1[2H].[Ir].[Ir].[Ir].[c-]1ccccc1-c1cc2ccccc2cn1.[c-]1ccccc1-c1ccccn1. The first kappa shape index (κ1) is 67.5. The van der Waals surface area contributed by atoms with Crippen LogP contribution in [0.5, 0.6) is 0 Å². The number of aromatic carboxylic acids is 1. The number of rotatable bonds is 9. The maximum atomic E-state index is 13.0. The molecule has 0 aliphatic carbocycles. The molecule has 0 unspecified atom stereocenters. The van der Waals surface area contributed by atoms with Crippen LogP contribution >= 0.6 is 0 Å². The molecule has 6 heterocycles. The minimum Gasteiger partial charge on any atom is -0.477 e. The molecule has 0 saturated carbocycles. The number of carboxylic acids is 1. The number of nitrogens with zero attached hydrogens (tertiary/aromatic N) is 6. The minimum absolute atomic E-state index is 0. The molecule has 15 rings (SSSR count). The van der Waals surface area contributed by atoms with E-state index < -0.39 is 12.0 Å². The van der Waals surface area contributed by atoms with Crippen LogP contribution in [0.25, 0.3) is 100 Å². The predicted molar refractivity (Wildman–Crippen MR) is 382 cm³/mol. The molecule has 1 N–H and O–H groups in total. The molecule has 0 spiro atoms. The van der Waals surface area contributed by atoms with Gasteiger partial charge in [-0.1, -0.05) is 139 Å². The summed E-state index contributed by atoms with van der Waals surface area (Å²) in [5.74, 6) is -1.22. The zero-order valence-electron chi connectivity index (χ0n) is 58.2. The molecule has 15 aromatic rings. The zero-order chi connectivity index (χ0) is 70.2. The van der Waals surface area contributed by atoms with Crippen molar-refractivity contribution in [1.82, 2.24) is 29.9 Å². The number of carboxylic acid groups (broad SMARTS) is 1. The minimum atomic E-state index is -0.990. The van der Waals surface area contributed by atoms with Crippen molar-refractivity contribution in [2.75, 3.05) is 0 Å². The number of benzene rings is 9.